The van der Waals surface area contributed by atoms with Gasteiger partial charge in [-0.1, -0.05) is 139 Å². The molecule has 0 spiro atoms. The summed E-state index contributed by atoms with van der Waals surface area (Å²) in [7, 11) is 2.10. The maximum absolute atomic E-state index is 4.97. The molecule has 1 aliphatic rings. The number of hydrogen-bond donors (Lipinski definition) is 0. The van der Waals surface area contributed by atoms with Crippen LogP contribution in [0.15, 0.2) is 146 Å². The Hall–Kier alpha value is -5.64. The van der Waals surface area contributed by atoms with Gasteiger partial charge in [-0.2, -0.15) is 12.1 Å². The molecule has 0 aliphatic carbocycles. The van der Waals surface area contributed by atoms with Crippen LogP contribution in [0.25, 0.3) is 27.6 Å². The number of pyridine rings is 1. The van der Waals surface area contributed by atoms with Gasteiger partial charge >= 0.3 is 0 Å². The van der Waals surface area contributed by atoms with E-state index >= 15 is 0 Å². The van der Waals surface area contributed by atoms with Crippen LogP contribution in [0.3, 0.4) is 0 Å². The predicted molar refractivity (Wildman–Crippen MR) is 248 cm³/mol. The van der Waals surface area contributed by atoms with E-state index in [1.165, 1.54) is 27.6 Å². The molecule has 2 aromatic heterocycles. The van der Waals surface area contributed by atoms with Crippen LogP contribution in [-0.2, 0) is 37.3 Å². The summed E-state index contributed by atoms with van der Waals surface area (Å²) in [6, 6.07) is 57.7. The van der Waals surface area contributed by atoms with Crippen molar-refractivity contribution in [3.63, 3.8) is 0 Å². The number of rotatable bonds is 7. The summed E-state index contributed by atoms with van der Waals surface area (Å²) in [4.78, 5) is 11.7. The molecule has 0 radical (unpaired) electrons. The Morgan fingerprint density at radius 2 is 1.18 bits per heavy atom. The second kappa shape index (κ2) is 15.4. The van der Waals surface area contributed by atoms with Crippen molar-refractivity contribution in [1.82, 2.24) is 9.55 Å². The van der Waals surface area contributed by atoms with Crippen molar-refractivity contribution >= 4 is 55.9 Å². The molecule has 0 saturated carbocycles. The van der Waals surface area contributed by atoms with Gasteiger partial charge in [0.15, 0.2) is 0 Å². The van der Waals surface area contributed by atoms with Crippen LogP contribution in [0, 0.1) is 18.8 Å². The molecule has 0 bridgehead atoms. The summed E-state index contributed by atoms with van der Waals surface area (Å²) < 4.78 is 2.26. The predicted octanol–water partition coefficient (Wildman–Crippen LogP) is 13.9. The van der Waals surface area contributed by atoms with E-state index < -0.39 is 0 Å². The zero-order valence-electron chi connectivity index (χ0n) is 36.0. The van der Waals surface area contributed by atoms with E-state index in [1.54, 1.807) is 0 Å². The number of para-hydroxylation sites is 3. The number of anilines is 6. The van der Waals surface area contributed by atoms with Crippen LogP contribution in [0.4, 0.5) is 34.1 Å². The summed E-state index contributed by atoms with van der Waals surface area (Å²) in [5, 5.41) is 2.31. The van der Waals surface area contributed by atoms with Gasteiger partial charge in [0.1, 0.15) is 5.82 Å². The topological polar surface area (TPSA) is 27.5 Å². The van der Waals surface area contributed by atoms with Gasteiger partial charge in [-0.15, -0.1) is 48.1 Å². The molecular weight excluding hydrogens is 914 g/mol. The average Bonchev–Trinajstić information content (AvgIpc) is 3.79. The summed E-state index contributed by atoms with van der Waals surface area (Å²) in [5.74, 6) is 0.873. The zero-order chi connectivity index (χ0) is 41.3. The van der Waals surface area contributed by atoms with Gasteiger partial charge < -0.3 is 19.3 Å². The Balaban J connectivity index is 0.00000499. The average molecular weight is 966 g/mol. The van der Waals surface area contributed by atoms with Crippen molar-refractivity contribution in [2.24, 2.45) is 0 Å². The van der Waals surface area contributed by atoms with Crippen molar-refractivity contribution in [1.29, 1.82) is 0 Å². The van der Waals surface area contributed by atoms with Crippen LogP contribution >= 0.6 is 0 Å². The fraction of sp³-hybridized carbons (Fsp3) is 0.222. The minimum absolute atomic E-state index is 0. The molecule has 0 atom stereocenters. The SMILES string of the molecule is CN(c1[c-]c(N2[CH-]N(c3cc(C(C)(C)C)cc(C(C)(C)C)c3)c3ccccc32)ccc1)c1[c-]c2c(cc1)c1ccccc1n2-c1cc(C(C)(C)c2ccccc2)ccn1.[Pt]. The van der Waals surface area contributed by atoms with Gasteiger partial charge in [0.05, 0.1) is 0 Å². The van der Waals surface area contributed by atoms with E-state index in [9.17, 15) is 0 Å². The molecule has 1 aliphatic heterocycles. The van der Waals surface area contributed by atoms with Crippen LogP contribution in [-0.4, -0.2) is 16.6 Å². The third kappa shape index (κ3) is 7.32. The zero-order valence-corrected chi connectivity index (χ0v) is 38.3. The van der Waals surface area contributed by atoms with E-state index in [0.717, 1.165) is 56.4 Å². The maximum Gasteiger partial charge on any atom is 0.135 e. The van der Waals surface area contributed by atoms with Crippen LogP contribution in [0.2, 0.25) is 0 Å². The fourth-order valence-electron chi connectivity index (χ4n) is 8.30. The molecule has 9 rings (SSSR count). The van der Waals surface area contributed by atoms with Crippen molar-refractivity contribution in [2.75, 3.05) is 21.7 Å². The molecule has 8 aromatic rings. The molecule has 0 N–H and O–H groups in total. The smallest absolute Gasteiger partial charge is 0.135 e. The number of fused-ring (bicyclic) bond motifs is 4. The van der Waals surface area contributed by atoms with Crippen molar-refractivity contribution in [3.05, 3.63) is 187 Å². The van der Waals surface area contributed by atoms with Crippen LogP contribution < -0.4 is 14.7 Å². The number of hydrogen-bond acceptors (Lipinski definition) is 4. The quantitative estimate of drug-likeness (QED) is 0.149. The van der Waals surface area contributed by atoms with Crippen molar-refractivity contribution < 1.29 is 21.1 Å². The summed E-state index contributed by atoms with van der Waals surface area (Å²) >= 11 is 0. The molecular formula is C54H52N5Pt-3. The summed E-state index contributed by atoms with van der Waals surface area (Å²) in [5.41, 5.74) is 13.3. The second-order valence-corrected chi connectivity index (χ2v) is 18.4. The van der Waals surface area contributed by atoms with Gasteiger partial charge in [-0.05, 0) is 80.9 Å². The van der Waals surface area contributed by atoms with E-state index in [4.69, 9.17) is 4.98 Å². The third-order valence-electron chi connectivity index (χ3n) is 12.1. The maximum atomic E-state index is 4.97. The van der Waals surface area contributed by atoms with Crippen molar-refractivity contribution in [3.8, 4) is 5.82 Å². The largest absolute Gasteiger partial charge is 0.493 e. The Morgan fingerprint density at radius 1 is 0.550 bits per heavy atom. The normalized spacial score (nSPS) is 13.2. The van der Waals surface area contributed by atoms with Crippen LogP contribution in [0.5, 0.6) is 0 Å². The van der Waals surface area contributed by atoms with Gasteiger partial charge in [0.2, 0.25) is 0 Å². The molecule has 60 heavy (non-hydrogen) atoms. The minimum atomic E-state index is -0.205. The van der Waals surface area contributed by atoms with Gasteiger partial charge in [0.25, 0.3) is 0 Å². The van der Waals surface area contributed by atoms with Gasteiger partial charge in [-0.3, -0.25) is 0 Å². The first kappa shape index (κ1) is 41.1. The first-order valence-electron chi connectivity index (χ1n) is 20.6. The van der Waals surface area contributed by atoms with Gasteiger partial charge in [-0.25, -0.2) is 4.98 Å². The standard InChI is InChI=1S/C54H52N5.Pt/c1-52(2,3)39-30-40(53(4,5)6)32-44(31-39)58-36-57(48-24-15-16-25-49(48)58)43-21-17-20-41(34-43)56(9)42-26-27-46-45-22-13-14-23-47(45)59(50(46)35-42)51-33-38(28-29-55-51)54(7,8)37-18-11-10-12-19-37;/h10-33,36H,1-9H3;/q-3;. The van der Waals surface area contributed by atoms with Crippen molar-refractivity contribution in [2.45, 2.75) is 71.6 Å². The number of aromatic nitrogens is 2. The minimum Gasteiger partial charge on any atom is -0.493 e. The second-order valence-electron chi connectivity index (χ2n) is 18.4. The number of benzene rings is 6. The van der Waals surface area contributed by atoms with E-state index in [-0.39, 0.29) is 37.3 Å². The Morgan fingerprint density at radius 3 is 1.88 bits per heavy atom. The Bertz CT molecular complexity index is 2810. The molecule has 3 heterocycles. The molecule has 6 heteroatoms. The molecule has 0 saturated heterocycles. The third-order valence-corrected chi connectivity index (χ3v) is 12.1. The first-order valence-corrected chi connectivity index (χ1v) is 20.6. The molecule has 0 fully saturated rings. The summed E-state index contributed by atoms with van der Waals surface area (Å²) in [6.45, 7) is 20.5. The first-order chi connectivity index (χ1) is 28.2. The summed E-state index contributed by atoms with van der Waals surface area (Å²) in [6.07, 6.45) is 1.94. The molecule has 5 nitrogen and oxygen atoms in total. The number of nitrogens with zero attached hydrogens (tertiary/aromatic N) is 5. The molecule has 306 valence electrons. The van der Waals surface area contributed by atoms with E-state index in [2.05, 4.69) is 240 Å². The molecule has 0 amide bonds. The monoisotopic (exact) mass is 965 g/mol. The molecule has 6 aromatic carbocycles. The molecule has 0 unspecified atom stereocenters. The fourth-order valence-corrected chi connectivity index (χ4v) is 8.30. The van der Waals surface area contributed by atoms with Crippen LogP contribution in [0.1, 0.15) is 77.6 Å². The van der Waals surface area contributed by atoms with E-state index in [0.29, 0.717) is 0 Å². The van der Waals surface area contributed by atoms with E-state index in [1.807, 2.05) is 6.20 Å². The Kier molecular flexibility index (Phi) is 10.6. The van der Waals surface area contributed by atoms with Gasteiger partial charge in [0, 0.05) is 62.3 Å². The Labute approximate surface area is 370 Å².